The lowest BCUT2D eigenvalue weighted by Crippen LogP contribution is -2.48. The number of ether oxygens (including phenoxy) is 2. The Morgan fingerprint density at radius 3 is 2.39 bits per heavy atom. The lowest BCUT2D eigenvalue weighted by molar-refractivity contribution is -0.137. The van der Waals surface area contributed by atoms with Crippen molar-refractivity contribution >= 4 is 23.8 Å². The Morgan fingerprint density at radius 2 is 1.79 bits per heavy atom. The first-order valence-electron chi connectivity index (χ1n) is 10.4. The summed E-state index contributed by atoms with van der Waals surface area (Å²) in [7, 11) is 0. The minimum Gasteiger partial charge on any atom is -0.449 e. The molecule has 2 aromatic rings. The van der Waals surface area contributed by atoms with E-state index in [9.17, 15) is 27.6 Å². The van der Waals surface area contributed by atoms with Crippen LogP contribution in [0.2, 0.25) is 0 Å². The van der Waals surface area contributed by atoms with Crippen LogP contribution < -0.4 is 10.2 Å². The third kappa shape index (κ3) is 5.44. The highest BCUT2D eigenvalue weighted by molar-refractivity contribution is 5.96. The molecular weight excluding hydrogens is 441 g/mol. The summed E-state index contributed by atoms with van der Waals surface area (Å²) in [6, 6.07) is 9.38. The zero-order chi connectivity index (χ0) is 24.2. The van der Waals surface area contributed by atoms with Gasteiger partial charge in [-0.15, -0.1) is 0 Å². The smallest absolute Gasteiger partial charge is 0.416 e. The van der Waals surface area contributed by atoms with Gasteiger partial charge in [0.1, 0.15) is 0 Å². The number of fused-ring (bicyclic) bond motifs is 1. The van der Waals surface area contributed by atoms with Crippen molar-refractivity contribution < 1.29 is 37.0 Å². The van der Waals surface area contributed by atoms with Gasteiger partial charge in [0.25, 0.3) is 0 Å². The molecule has 0 fully saturated rings. The van der Waals surface area contributed by atoms with Crippen LogP contribution in [-0.2, 0) is 15.7 Å². The largest absolute Gasteiger partial charge is 0.449 e. The Bertz CT molecular complexity index is 1030. The highest BCUT2D eigenvalue weighted by Crippen LogP contribution is 2.42. The molecule has 10 heteroatoms. The Hall–Kier alpha value is -3.56. The molecule has 3 rings (SSSR count). The fraction of sp³-hybridized carbons (Fsp3) is 0.348. The fourth-order valence-corrected chi connectivity index (χ4v) is 3.75. The van der Waals surface area contributed by atoms with Crippen LogP contribution in [-0.4, -0.2) is 30.8 Å². The summed E-state index contributed by atoms with van der Waals surface area (Å²) >= 11 is 0. The molecule has 2 aromatic carbocycles. The van der Waals surface area contributed by atoms with E-state index in [-0.39, 0.29) is 29.8 Å². The molecule has 1 aliphatic heterocycles. The van der Waals surface area contributed by atoms with Crippen molar-refractivity contribution in [1.29, 1.82) is 0 Å². The summed E-state index contributed by atoms with van der Waals surface area (Å²) in [5.74, 6) is -0.895. The van der Waals surface area contributed by atoms with Gasteiger partial charge in [0, 0.05) is 6.04 Å². The van der Waals surface area contributed by atoms with Crippen LogP contribution in [0.15, 0.2) is 48.5 Å². The Kier molecular flexibility index (Phi) is 7.25. The second-order valence-electron chi connectivity index (χ2n) is 7.38. The van der Waals surface area contributed by atoms with E-state index in [2.05, 4.69) is 5.32 Å². The number of alkyl carbamates (subject to hydrolysis) is 1. The second-order valence-corrected chi connectivity index (χ2v) is 7.38. The molecule has 176 valence electrons. The van der Waals surface area contributed by atoms with E-state index in [1.807, 2.05) is 0 Å². The summed E-state index contributed by atoms with van der Waals surface area (Å²) < 4.78 is 50.0. The highest BCUT2D eigenvalue weighted by Gasteiger charge is 2.39. The molecule has 2 amide bonds. The van der Waals surface area contributed by atoms with Crippen LogP contribution >= 0.6 is 0 Å². The van der Waals surface area contributed by atoms with E-state index in [0.717, 1.165) is 12.1 Å². The minimum atomic E-state index is -4.63. The van der Waals surface area contributed by atoms with Gasteiger partial charge < -0.3 is 14.8 Å². The molecule has 33 heavy (non-hydrogen) atoms. The van der Waals surface area contributed by atoms with Crippen molar-refractivity contribution in [2.75, 3.05) is 11.5 Å². The summed E-state index contributed by atoms with van der Waals surface area (Å²) in [5.41, 5.74) is -0.512. The molecule has 0 aliphatic carbocycles. The van der Waals surface area contributed by atoms with Gasteiger partial charge in [0.05, 0.1) is 29.5 Å². The summed E-state index contributed by atoms with van der Waals surface area (Å²) in [5, 5.41) is 2.48. The number of benzene rings is 2. The number of hydrogen-bond donors (Lipinski definition) is 1. The van der Waals surface area contributed by atoms with Crippen LogP contribution in [0.4, 0.5) is 28.4 Å². The average molecular weight is 464 g/mol. The predicted octanol–water partition coefficient (Wildman–Crippen LogP) is 5.46. The summed E-state index contributed by atoms with van der Waals surface area (Å²) in [4.78, 5) is 38.4. The first-order chi connectivity index (χ1) is 15.7. The van der Waals surface area contributed by atoms with E-state index >= 15 is 0 Å². The van der Waals surface area contributed by atoms with Gasteiger partial charge in [-0.2, -0.15) is 13.2 Å². The standard InChI is InChI=1S/C23H23F3N2O5/c1-3-16-13-18(27-21(30)33-20(29)14-8-6-5-7-9-14)17-12-15(23(24,25)26)10-11-19(17)28(16)22(31)32-4-2/h5-12,16,18H,3-4,13H2,1-2H3,(H,27,30)/t16-,18+/m0/s1. The molecule has 0 spiro atoms. The SMILES string of the molecule is CCOC(=O)N1c2ccc(C(F)(F)F)cc2[C@H](NC(=O)OC(=O)c2ccccc2)C[C@@H]1CC. The van der Waals surface area contributed by atoms with Crippen LogP contribution in [0.25, 0.3) is 0 Å². The Morgan fingerprint density at radius 1 is 1.09 bits per heavy atom. The van der Waals surface area contributed by atoms with Crippen LogP contribution in [0.5, 0.6) is 0 Å². The number of carbonyl (C=O) groups excluding carboxylic acids is 3. The molecule has 7 nitrogen and oxygen atoms in total. The number of hydrogen-bond acceptors (Lipinski definition) is 5. The second kappa shape index (κ2) is 9.93. The normalized spacial score (nSPS) is 17.7. The van der Waals surface area contributed by atoms with Crippen molar-refractivity contribution in [1.82, 2.24) is 5.32 Å². The molecule has 1 N–H and O–H groups in total. The molecule has 1 heterocycles. The van der Waals surface area contributed by atoms with Crippen molar-refractivity contribution in [3.8, 4) is 0 Å². The van der Waals surface area contributed by atoms with Crippen molar-refractivity contribution in [2.24, 2.45) is 0 Å². The van der Waals surface area contributed by atoms with Crippen molar-refractivity contribution in [3.63, 3.8) is 0 Å². The Labute approximate surface area is 188 Å². The van der Waals surface area contributed by atoms with Gasteiger partial charge in [0.15, 0.2) is 0 Å². The predicted molar refractivity (Wildman–Crippen MR) is 113 cm³/mol. The number of anilines is 1. The van der Waals surface area contributed by atoms with Gasteiger partial charge in [-0.05, 0) is 55.7 Å². The average Bonchev–Trinajstić information content (AvgIpc) is 2.78. The molecule has 0 saturated heterocycles. The minimum absolute atomic E-state index is 0.0756. The number of alkyl halides is 3. The van der Waals surface area contributed by atoms with Gasteiger partial charge in [0.2, 0.25) is 0 Å². The van der Waals surface area contributed by atoms with Gasteiger partial charge in [-0.25, -0.2) is 14.4 Å². The zero-order valence-electron chi connectivity index (χ0n) is 18.0. The maximum atomic E-state index is 13.4. The third-order valence-corrected chi connectivity index (χ3v) is 5.29. The number of carbonyl (C=O) groups is 3. The molecule has 0 unspecified atom stereocenters. The molecule has 1 aliphatic rings. The number of rotatable bonds is 4. The lowest BCUT2D eigenvalue weighted by atomic mass is 9.89. The van der Waals surface area contributed by atoms with Crippen LogP contribution in [0.1, 0.15) is 54.2 Å². The quantitative estimate of drug-likeness (QED) is 0.480. The molecule has 0 saturated carbocycles. The van der Waals surface area contributed by atoms with Gasteiger partial charge in [-0.3, -0.25) is 4.90 Å². The molecule has 0 radical (unpaired) electrons. The van der Waals surface area contributed by atoms with Crippen LogP contribution in [0.3, 0.4) is 0 Å². The number of amides is 2. The molecule has 0 bridgehead atoms. The number of esters is 1. The van der Waals surface area contributed by atoms with Gasteiger partial charge in [-0.1, -0.05) is 25.1 Å². The topological polar surface area (TPSA) is 84.9 Å². The maximum absolute atomic E-state index is 13.4. The molecular formula is C23H23F3N2O5. The number of halogens is 3. The number of nitrogens with zero attached hydrogens (tertiary/aromatic N) is 1. The third-order valence-electron chi connectivity index (χ3n) is 5.29. The van der Waals surface area contributed by atoms with Gasteiger partial charge >= 0.3 is 24.3 Å². The number of nitrogens with one attached hydrogen (secondary N) is 1. The first-order valence-corrected chi connectivity index (χ1v) is 10.4. The fourth-order valence-electron chi connectivity index (χ4n) is 3.75. The monoisotopic (exact) mass is 464 g/mol. The van der Waals surface area contributed by atoms with Crippen molar-refractivity contribution in [3.05, 3.63) is 65.2 Å². The lowest BCUT2D eigenvalue weighted by Gasteiger charge is -2.40. The first kappa shape index (κ1) is 24.1. The van der Waals surface area contributed by atoms with E-state index < -0.39 is 42.0 Å². The summed E-state index contributed by atoms with van der Waals surface area (Å²) in [6.45, 7) is 3.53. The molecule has 0 aromatic heterocycles. The summed E-state index contributed by atoms with van der Waals surface area (Å²) in [6.07, 6.45) is -5.85. The van der Waals surface area contributed by atoms with E-state index in [0.29, 0.717) is 6.42 Å². The van der Waals surface area contributed by atoms with E-state index in [4.69, 9.17) is 9.47 Å². The molecule has 2 atom stereocenters. The van der Waals surface area contributed by atoms with Crippen molar-refractivity contribution in [2.45, 2.75) is 44.9 Å². The Balaban J connectivity index is 1.92. The van der Waals surface area contributed by atoms with Crippen LogP contribution in [0, 0.1) is 0 Å². The zero-order valence-corrected chi connectivity index (χ0v) is 18.0. The van der Waals surface area contributed by atoms with E-state index in [1.54, 1.807) is 32.0 Å². The van der Waals surface area contributed by atoms with E-state index in [1.165, 1.54) is 23.1 Å². The highest BCUT2D eigenvalue weighted by atomic mass is 19.4. The maximum Gasteiger partial charge on any atom is 0.416 e.